The van der Waals surface area contributed by atoms with Crippen molar-refractivity contribution in [3.63, 3.8) is 0 Å². The van der Waals surface area contributed by atoms with Crippen LogP contribution in [0.4, 0.5) is 8.78 Å². The van der Waals surface area contributed by atoms with Crippen LogP contribution in [0.2, 0.25) is 0 Å². The van der Waals surface area contributed by atoms with Crippen LogP contribution in [-0.2, 0) is 4.79 Å². The number of hydrogen-bond donors (Lipinski definition) is 1. The molecular formula is C25H32F2N4O3. The molecule has 2 heterocycles. The third kappa shape index (κ3) is 5.14. The molecule has 2 fully saturated rings. The molecule has 0 spiro atoms. The molecule has 1 saturated carbocycles. The third-order valence-corrected chi connectivity index (χ3v) is 7.17. The van der Waals surface area contributed by atoms with Gasteiger partial charge in [-0.1, -0.05) is 18.5 Å². The highest BCUT2D eigenvalue weighted by molar-refractivity contribution is 5.93. The average Bonchev–Trinajstić information content (AvgIpc) is 3.46. The lowest BCUT2D eigenvalue weighted by molar-refractivity contribution is -0.135. The van der Waals surface area contributed by atoms with Crippen LogP contribution in [-0.4, -0.2) is 66.0 Å². The quantitative estimate of drug-likeness (QED) is 0.691. The van der Waals surface area contributed by atoms with Crippen LogP contribution in [0.1, 0.15) is 49.5 Å². The predicted octanol–water partition coefficient (Wildman–Crippen LogP) is 3.71. The lowest BCUT2D eigenvalue weighted by atomic mass is 9.92. The van der Waals surface area contributed by atoms with Crippen molar-refractivity contribution in [2.45, 2.75) is 51.1 Å². The van der Waals surface area contributed by atoms with Gasteiger partial charge in [-0.05, 0) is 50.3 Å². The molecule has 2 aromatic rings. The predicted molar refractivity (Wildman–Crippen MR) is 123 cm³/mol. The molecule has 4 rings (SSSR count). The second kappa shape index (κ2) is 10.2. The molecule has 1 N–H and O–H groups in total. The Balaban J connectivity index is 1.40. The van der Waals surface area contributed by atoms with Gasteiger partial charge in [0, 0.05) is 44.9 Å². The Morgan fingerprint density at radius 3 is 2.74 bits per heavy atom. The van der Waals surface area contributed by atoms with Gasteiger partial charge in [0.25, 0.3) is 5.91 Å². The van der Waals surface area contributed by atoms with Gasteiger partial charge in [-0.15, -0.1) is 0 Å². The maximum atomic E-state index is 14.0. The summed E-state index contributed by atoms with van der Waals surface area (Å²) in [5, 5.41) is 6.84. The number of carbonyl (C=O) groups excluding carboxylic acids is 2. The van der Waals surface area contributed by atoms with E-state index in [1.54, 1.807) is 19.0 Å². The number of amides is 2. The number of likely N-dealkylation sites (tertiary alicyclic amines) is 1. The Kier molecular flexibility index (Phi) is 7.30. The van der Waals surface area contributed by atoms with E-state index in [2.05, 4.69) is 22.3 Å². The smallest absolute Gasteiger partial charge is 0.273 e. The summed E-state index contributed by atoms with van der Waals surface area (Å²) in [7, 11) is 3.61. The molecule has 2 amide bonds. The Bertz CT molecular complexity index is 1040. The van der Waals surface area contributed by atoms with E-state index in [0.717, 1.165) is 57.3 Å². The summed E-state index contributed by atoms with van der Waals surface area (Å²) >= 11 is 0. The number of hydrogen-bond acceptors (Lipinski definition) is 5. The van der Waals surface area contributed by atoms with E-state index in [1.165, 1.54) is 12.1 Å². The molecule has 0 bridgehead atoms. The summed E-state index contributed by atoms with van der Waals surface area (Å²) in [4.78, 5) is 29.4. The molecule has 1 aromatic carbocycles. The van der Waals surface area contributed by atoms with E-state index in [9.17, 15) is 18.4 Å². The van der Waals surface area contributed by atoms with Gasteiger partial charge in [-0.2, -0.15) is 0 Å². The number of benzene rings is 1. The summed E-state index contributed by atoms with van der Waals surface area (Å²) in [5.41, 5.74) is 0.108. The summed E-state index contributed by atoms with van der Waals surface area (Å²) in [6.07, 6.45) is 4.57. The number of carbonyl (C=O) groups is 2. The second-order valence-corrected chi connectivity index (χ2v) is 9.64. The van der Waals surface area contributed by atoms with Gasteiger partial charge in [0.15, 0.2) is 11.5 Å². The highest BCUT2D eigenvalue weighted by atomic mass is 19.1. The van der Waals surface area contributed by atoms with Gasteiger partial charge in [-0.25, -0.2) is 8.78 Å². The first-order chi connectivity index (χ1) is 16.3. The number of rotatable bonds is 6. The summed E-state index contributed by atoms with van der Waals surface area (Å²) < 4.78 is 32.4. The number of piperidine rings is 1. The Morgan fingerprint density at radius 1 is 1.24 bits per heavy atom. The van der Waals surface area contributed by atoms with Crippen LogP contribution in [0.15, 0.2) is 28.8 Å². The fourth-order valence-corrected chi connectivity index (χ4v) is 5.44. The Hall–Kier alpha value is -2.81. The summed E-state index contributed by atoms with van der Waals surface area (Å²) in [6.45, 7) is 3.89. The molecule has 9 heteroatoms. The van der Waals surface area contributed by atoms with E-state index in [1.807, 2.05) is 0 Å². The standard InChI is InChI=1S/C25H32F2N4O3/c1-4-15-10-18(12-22(15)31-9-5-6-16(14-31)25(33)30(2)3)28-24(32)21-13-23(34-29-21)19-8-7-17(26)11-20(19)27/h7-8,11,13,15-16,18,22H,4-6,9-10,12,14H2,1-3H3,(H,28,32)/t15-,16?,18+,22+/m0/s1. The van der Waals surface area contributed by atoms with Crippen molar-refractivity contribution in [2.75, 3.05) is 27.2 Å². The minimum absolute atomic E-state index is 0.0184. The zero-order valence-corrected chi connectivity index (χ0v) is 19.9. The minimum Gasteiger partial charge on any atom is -0.355 e. The fourth-order valence-electron chi connectivity index (χ4n) is 5.44. The second-order valence-electron chi connectivity index (χ2n) is 9.64. The molecule has 0 radical (unpaired) electrons. The Morgan fingerprint density at radius 2 is 2.03 bits per heavy atom. The van der Waals surface area contributed by atoms with Gasteiger partial charge in [0.1, 0.15) is 11.6 Å². The maximum Gasteiger partial charge on any atom is 0.273 e. The molecule has 2 aliphatic rings. The SMILES string of the molecule is CC[C@H]1C[C@@H](NC(=O)c2cc(-c3ccc(F)cc3F)on2)C[C@H]1N1CCCC(C(=O)N(C)C)C1. The largest absolute Gasteiger partial charge is 0.355 e. The van der Waals surface area contributed by atoms with E-state index in [-0.39, 0.29) is 40.8 Å². The van der Waals surface area contributed by atoms with Crippen LogP contribution in [0.5, 0.6) is 0 Å². The summed E-state index contributed by atoms with van der Waals surface area (Å²) in [6, 6.07) is 4.81. The highest BCUT2D eigenvalue weighted by Crippen LogP contribution is 2.35. The summed E-state index contributed by atoms with van der Waals surface area (Å²) in [5.74, 6) is -1.14. The first-order valence-corrected chi connectivity index (χ1v) is 11.9. The van der Waals surface area contributed by atoms with Crippen LogP contribution in [0, 0.1) is 23.5 Å². The molecule has 184 valence electrons. The van der Waals surface area contributed by atoms with Gasteiger partial charge >= 0.3 is 0 Å². The maximum absolute atomic E-state index is 14.0. The van der Waals surface area contributed by atoms with Crippen LogP contribution in [0.3, 0.4) is 0 Å². The first kappa shape index (κ1) is 24.3. The van der Waals surface area contributed by atoms with Crippen molar-refractivity contribution in [3.8, 4) is 11.3 Å². The van der Waals surface area contributed by atoms with Crippen LogP contribution < -0.4 is 5.32 Å². The van der Waals surface area contributed by atoms with Crippen molar-refractivity contribution < 1.29 is 22.9 Å². The molecule has 1 aliphatic carbocycles. The molecule has 1 aromatic heterocycles. The average molecular weight is 475 g/mol. The molecule has 1 unspecified atom stereocenters. The lowest BCUT2D eigenvalue weighted by Crippen LogP contribution is -2.48. The van der Waals surface area contributed by atoms with E-state index < -0.39 is 11.6 Å². The van der Waals surface area contributed by atoms with Gasteiger partial charge < -0.3 is 14.7 Å². The van der Waals surface area contributed by atoms with Crippen molar-refractivity contribution in [1.29, 1.82) is 0 Å². The number of nitrogens with one attached hydrogen (secondary N) is 1. The van der Waals surface area contributed by atoms with Crippen molar-refractivity contribution in [3.05, 3.63) is 41.6 Å². The van der Waals surface area contributed by atoms with E-state index >= 15 is 0 Å². The number of halogens is 2. The molecule has 1 aliphatic heterocycles. The van der Waals surface area contributed by atoms with Gasteiger partial charge in [0.05, 0.1) is 11.5 Å². The lowest BCUT2D eigenvalue weighted by Gasteiger charge is -2.39. The third-order valence-electron chi connectivity index (χ3n) is 7.17. The zero-order valence-electron chi connectivity index (χ0n) is 19.9. The molecule has 1 saturated heterocycles. The minimum atomic E-state index is -0.778. The highest BCUT2D eigenvalue weighted by Gasteiger charge is 2.40. The number of nitrogens with zero attached hydrogens (tertiary/aromatic N) is 3. The molecular weight excluding hydrogens is 442 g/mol. The van der Waals surface area contributed by atoms with Crippen molar-refractivity contribution >= 4 is 11.8 Å². The Labute approximate surface area is 198 Å². The van der Waals surface area contributed by atoms with Gasteiger partial charge in [0.2, 0.25) is 5.91 Å². The van der Waals surface area contributed by atoms with Crippen LogP contribution >= 0.6 is 0 Å². The normalized spacial score (nSPS) is 25.3. The first-order valence-electron chi connectivity index (χ1n) is 11.9. The monoisotopic (exact) mass is 474 g/mol. The van der Waals surface area contributed by atoms with Crippen molar-refractivity contribution in [1.82, 2.24) is 20.3 Å². The van der Waals surface area contributed by atoms with E-state index in [4.69, 9.17) is 4.52 Å². The topological polar surface area (TPSA) is 78.7 Å². The molecule has 34 heavy (non-hydrogen) atoms. The zero-order chi connectivity index (χ0) is 24.4. The van der Waals surface area contributed by atoms with Gasteiger partial charge in [-0.3, -0.25) is 14.5 Å². The molecule has 7 nitrogen and oxygen atoms in total. The van der Waals surface area contributed by atoms with Crippen LogP contribution in [0.25, 0.3) is 11.3 Å². The molecule has 4 atom stereocenters. The van der Waals surface area contributed by atoms with Crippen molar-refractivity contribution in [2.24, 2.45) is 11.8 Å². The fraction of sp³-hybridized carbons (Fsp3) is 0.560. The number of aromatic nitrogens is 1. The van der Waals surface area contributed by atoms with E-state index in [0.29, 0.717) is 12.0 Å².